The highest BCUT2D eigenvalue weighted by Crippen LogP contribution is 2.21. The van der Waals surface area contributed by atoms with Gasteiger partial charge in [0, 0.05) is 28.8 Å². The van der Waals surface area contributed by atoms with Gasteiger partial charge in [-0.2, -0.15) is 0 Å². The summed E-state index contributed by atoms with van der Waals surface area (Å²) >= 11 is 0. The lowest BCUT2D eigenvalue weighted by Crippen LogP contribution is -2.15. The molecule has 0 fully saturated rings. The van der Waals surface area contributed by atoms with Gasteiger partial charge in [0.2, 0.25) is 0 Å². The molecule has 3 rings (SSSR count). The Hall–Kier alpha value is -3.06. The molecule has 0 unspecified atom stereocenters. The van der Waals surface area contributed by atoms with Gasteiger partial charge in [0.1, 0.15) is 5.82 Å². The Balaban J connectivity index is 1.90. The van der Waals surface area contributed by atoms with Gasteiger partial charge in [-0.1, -0.05) is 38.1 Å². The maximum absolute atomic E-state index is 12.7. The molecule has 28 heavy (non-hydrogen) atoms. The van der Waals surface area contributed by atoms with Crippen LogP contribution in [0.2, 0.25) is 0 Å². The second kappa shape index (κ2) is 8.75. The fourth-order valence-electron chi connectivity index (χ4n) is 2.78. The minimum atomic E-state index is -1.23. The number of nitrogens with one attached hydrogen (secondary N) is 2. The Bertz CT molecular complexity index is 1090. The van der Waals surface area contributed by atoms with Crippen LogP contribution >= 0.6 is 0 Å². The second-order valence-corrected chi connectivity index (χ2v) is 7.81. The molecule has 0 aliphatic heterocycles. The zero-order valence-electron chi connectivity index (χ0n) is 15.7. The van der Waals surface area contributed by atoms with Crippen molar-refractivity contribution < 1.29 is 9.00 Å². The van der Waals surface area contributed by atoms with E-state index >= 15 is 0 Å². The SMILES string of the molecule is CCc1cc(=O)[nH]c(-c2cccc(NC(=O)c3ccccc3[S@](=O)CC)c2)n1. The van der Waals surface area contributed by atoms with Crippen molar-refractivity contribution in [2.45, 2.75) is 25.2 Å². The van der Waals surface area contributed by atoms with Gasteiger partial charge in [-0.05, 0) is 30.7 Å². The molecular weight excluding hydrogens is 374 g/mol. The molecule has 0 saturated carbocycles. The zero-order chi connectivity index (χ0) is 20.1. The number of aromatic amines is 1. The molecule has 144 valence electrons. The quantitative estimate of drug-likeness (QED) is 0.669. The summed E-state index contributed by atoms with van der Waals surface area (Å²) in [5, 5.41) is 2.84. The molecule has 0 bridgehead atoms. The summed E-state index contributed by atoms with van der Waals surface area (Å²) in [6.45, 7) is 3.74. The van der Waals surface area contributed by atoms with E-state index in [9.17, 15) is 13.8 Å². The molecule has 1 atom stereocenters. The van der Waals surface area contributed by atoms with Crippen molar-refractivity contribution in [1.29, 1.82) is 0 Å². The fraction of sp³-hybridized carbons (Fsp3) is 0.190. The largest absolute Gasteiger partial charge is 0.322 e. The molecule has 1 aromatic heterocycles. The third kappa shape index (κ3) is 4.43. The van der Waals surface area contributed by atoms with E-state index in [0.717, 1.165) is 0 Å². The van der Waals surface area contributed by atoms with Crippen LogP contribution in [0.25, 0.3) is 11.4 Å². The number of nitrogens with zero attached hydrogens (tertiary/aromatic N) is 1. The van der Waals surface area contributed by atoms with Crippen molar-refractivity contribution in [3.05, 3.63) is 76.2 Å². The summed E-state index contributed by atoms with van der Waals surface area (Å²) in [4.78, 5) is 32.2. The molecule has 0 saturated heterocycles. The van der Waals surface area contributed by atoms with Crippen LogP contribution in [0.4, 0.5) is 5.69 Å². The van der Waals surface area contributed by atoms with Crippen LogP contribution in [0.3, 0.4) is 0 Å². The number of carbonyl (C=O) groups excluding carboxylic acids is 1. The lowest BCUT2D eigenvalue weighted by Gasteiger charge is -2.10. The van der Waals surface area contributed by atoms with Crippen LogP contribution in [0.1, 0.15) is 29.9 Å². The number of amides is 1. The van der Waals surface area contributed by atoms with Crippen LogP contribution in [-0.2, 0) is 17.2 Å². The highest BCUT2D eigenvalue weighted by Gasteiger charge is 2.15. The number of carbonyl (C=O) groups is 1. The minimum absolute atomic E-state index is 0.215. The van der Waals surface area contributed by atoms with E-state index in [2.05, 4.69) is 15.3 Å². The molecule has 0 aliphatic rings. The van der Waals surface area contributed by atoms with E-state index in [1.807, 2.05) is 19.9 Å². The number of hydrogen-bond acceptors (Lipinski definition) is 4. The van der Waals surface area contributed by atoms with Crippen molar-refractivity contribution in [2.75, 3.05) is 11.1 Å². The highest BCUT2D eigenvalue weighted by atomic mass is 32.2. The lowest BCUT2D eigenvalue weighted by atomic mass is 10.1. The molecule has 2 aromatic carbocycles. The molecule has 0 radical (unpaired) electrons. The second-order valence-electron chi connectivity index (χ2n) is 6.10. The predicted molar refractivity (Wildman–Crippen MR) is 111 cm³/mol. The number of hydrogen-bond donors (Lipinski definition) is 2. The first-order valence-corrected chi connectivity index (χ1v) is 10.3. The summed E-state index contributed by atoms with van der Waals surface area (Å²) < 4.78 is 12.2. The molecule has 6 nitrogen and oxygen atoms in total. The summed E-state index contributed by atoms with van der Waals surface area (Å²) in [5.41, 5.74) is 2.11. The normalized spacial score (nSPS) is 11.8. The first-order chi connectivity index (χ1) is 13.5. The van der Waals surface area contributed by atoms with Crippen LogP contribution in [0.5, 0.6) is 0 Å². The molecule has 3 aromatic rings. The zero-order valence-corrected chi connectivity index (χ0v) is 16.5. The van der Waals surface area contributed by atoms with Crippen LogP contribution < -0.4 is 10.9 Å². The summed E-state index contributed by atoms with van der Waals surface area (Å²) in [6.07, 6.45) is 0.651. The van der Waals surface area contributed by atoms with Gasteiger partial charge in [-0.15, -0.1) is 0 Å². The smallest absolute Gasteiger partial charge is 0.256 e. The Labute approximate surface area is 165 Å². The van der Waals surface area contributed by atoms with Crippen molar-refractivity contribution >= 4 is 22.4 Å². The van der Waals surface area contributed by atoms with Gasteiger partial charge >= 0.3 is 0 Å². The average molecular weight is 395 g/mol. The van der Waals surface area contributed by atoms with Gasteiger partial charge in [0.05, 0.1) is 21.3 Å². The van der Waals surface area contributed by atoms with Crippen LogP contribution in [0.15, 0.2) is 64.3 Å². The molecule has 7 heteroatoms. The summed E-state index contributed by atoms with van der Waals surface area (Å²) in [5.74, 6) is 0.554. The lowest BCUT2D eigenvalue weighted by molar-refractivity contribution is 0.102. The van der Waals surface area contributed by atoms with Gasteiger partial charge in [-0.3, -0.25) is 13.8 Å². The highest BCUT2D eigenvalue weighted by molar-refractivity contribution is 7.85. The van der Waals surface area contributed by atoms with E-state index in [-0.39, 0.29) is 11.5 Å². The van der Waals surface area contributed by atoms with Crippen molar-refractivity contribution in [3.63, 3.8) is 0 Å². The van der Waals surface area contributed by atoms with Crippen molar-refractivity contribution in [3.8, 4) is 11.4 Å². The Morgan fingerprint density at radius 2 is 1.89 bits per heavy atom. The van der Waals surface area contributed by atoms with E-state index in [4.69, 9.17) is 0 Å². The predicted octanol–water partition coefficient (Wildman–Crippen LogP) is 3.38. The topological polar surface area (TPSA) is 91.9 Å². The fourth-order valence-corrected chi connectivity index (χ4v) is 3.72. The van der Waals surface area contributed by atoms with Crippen LogP contribution in [0, 0.1) is 0 Å². The Kier molecular flexibility index (Phi) is 6.16. The molecule has 1 heterocycles. The van der Waals surface area contributed by atoms with Crippen molar-refractivity contribution in [1.82, 2.24) is 9.97 Å². The van der Waals surface area contributed by atoms with E-state index in [1.54, 1.807) is 42.5 Å². The molecule has 0 spiro atoms. The number of rotatable bonds is 6. The van der Waals surface area contributed by atoms with Gasteiger partial charge in [0.25, 0.3) is 11.5 Å². The number of benzene rings is 2. The standard InChI is InChI=1S/C21H21N3O3S/c1-3-15-13-19(25)24-20(22-15)14-8-7-9-16(12-14)23-21(26)17-10-5-6-11-18(17)28(27)4-2/h5-13H,3-4H2,1-2H3,(H,23,26)(H,22,24,25)/t28-/m1/s1. The van der Waals surface area contributed by atoms with E-state index in [0.29, 0.717) is 45.4 Å². The summed E-state index contributed by atoms with van der Waals surface area (Å²) in [7, 11) is -1.23. The van der Waals surface area contributed by atoms with Crippen molar-refractivity contribution in [2.24, 2.45) is 0 Å². The maximum Gasteiger partial charge on any atom is 0.256 e. The number of H-pyrrole nitrogens is 1. The molecule has 2 N–H and O–H groups in total. The Morgan fingerprint density at radius 3 is 2.64 bits per heavy atom. The number of aromatic nitrogens is 2. The number of anilines is 1. The van der Waals surface area contributed by atoms with Gasteiger partial charge < -0.3 is 10.3 Å². The molecule has 0 aliphatic carbocycles. The molecular formula is C21H21N3O3S. The van der Waals surface area contributed by atoms with E-state index < -0.39 is 10.8 Å². The third-order valence-corrected chi connectivity index (χ3v) is 5.56. The minimum Gasteiger partial charge on any atom is -0.322 e. The third-order valence-electron chi connectivity index (χ3n) is 4.19. The summed E-state index contributed by atoms with van der Waals surface area (Å²) in [6, 6.07) is 15.4. The maximum atomic E-state index is 12.7. The number of aryl methyl sites for hydroxylation is 1. The first kappa shape index (κ1) is 19.7. The van der Waals surface area contributed by atoms with Crippen LogP contribution in [-0.4, -0.2) is 25.8 Å². The monoisotopic (exact) mass is 395 g/mol. The average Bonchev–Trinajstić information content (AvgIpc) is 2.72. The first-order valence-electron chi connectivity index (χ1n) is 9.01. The molecule has 1 amide bonds. The van der Waals surface area contributed by atoms with Gasteiger partial charge in [0.15, 0.2) is 0 Å². The van der Waals surface area contributed by atoms with Gasteiger partial charge in [-0.25, -0.2) is 4.98 Å². The Morgan fingerprint density at radius 1 is 1.11 bits per heavy atom. The van der Waals surface area contributed by atoms with E-state index in [1.165, 1.54) is 6.07 Å².